The number of ether oxygens (including phenoxy) is 1. The van der Waals surface area contributed by atoms with Gasteiger partial charge in [0.05, 0.1) is 20.2 Å². The van der Waals surface area contributed by atoms with Crippen molar-refractivity contribution >= 4 is 0 Å². The molecule has 0 radical (unpaired) electrons. The minimum atomic E-state index is 0. The Labute approximate surface area is 121 Å². The molecule has 0 aromatic carbocycles. The Morgan fingerprint density at radius 2 is 2.33 bits per heavy atom. The average molecular weight is 315 g/mol. The van der Waals surface area contributed by atoms with Gasteiger partial charge in [0, 0.05) is 37.4 Å². The maximum atomic E-state index is 5.51. The highest BCUT2D eigenvalue weighted by atomic mass is 79.9. The minimum absolute atomic E-state index is 0. The van der Waals surface area contributed by atoms with Crippen LogP contribution in [0.5, 0.6) is 0 Å². The van der Waals surface area contributed by atoms with Gasteiger partial charge in [-0.3, -0.25) is 4.98 Å². The van der Waals surface area contributed by atoms with Crippen LogP contribution < -0.4 is 17.0 Å². The van der Waals surface area contributed by atoms with E-state index in [0.717, 1.165) is 24.2 Å². The van der Waals surface area contributed by atoms with Crippen LogP contribution in [0.4, 0.5) is 0 Å². The second-order valence-corrected chi connectivity index (χ2v) is 5.07. The summed E-state index contributed by atoms with van der Waals surface area (Å²) in [6.07, 6.45) is 6.45. The summed E-state index contributed by atoms with van der Waals surface area (Å²) in [5, 5.41) is 0. The Kier molecular flexibility index (Phi) is 6.26. The summed E-state index contributed by atoms with van der Waals surface area (Å²) in [7, 11) is 2.35. The predicted molar refractivity (Wildman–Crippen MR) is 68.6 cm³/mol. The van der Waals surface area contributed by atoms with Gasteiger partial charge in [0.2, 0.25) is 0 Å². The van der Waals surface area contributed by atoms with Crippen molar-refractivity contribution < 1.29 is 26.2 Å². The number of hydrogen-bond donors (Lipinski definition) is 0. The highest BCUT2D eigenvalue weighted by Crippen LogP contribution is 2.36. The van der Waals surface area contributed by atoms with Crippen molar-refractivity contribution in [2.75, 3.05) is 33.4 Å². The van der Waals surface area contributed by atoms with E-state index in [1.165, 1.54) is 24.9 Å². The van der Waals surface area contributed by atoms with E-state index in [-0.39, 0.29) is 17.0 Å². The highest BCUT2D eigenvalue weighted by Gasteiger charge is 2.38. The third-order valence-corrected chi connectivity index (χ3v) is 3.92. The average Bonchev–Trinajstić information content (AvgIpc) is 2.73. The van der Waals surface area contributed by atoms with E-state index in [1.54, 1.807) is 0 Å². The molecule has 2 atom stereocenters. The zero-order chi connectivity index (χ0) is 12.1. The molecule has 1 aromatic heterocycles. The van der Waals surface area contributed by atoms with Crippen LogP contribution in [0, 0.1) is 0 Å². The van der Waals surface area contributed by atoms with Crippen molar-refractivity contribution in [2.45, 2.75) is 25.8 Å². The first-order valence-corrected chi connectivity index (χ1v) is 6.58. The lowest BCUT2D eigenvalue weighted by atomic mass is 10.1. The largest absolute Gasteiger partial charge is 1.00 e. The van der Waals surface area contributed by atoms with E-state index in [0.29, 0.717) is 6.04 Å². The second-order valence-electron chi connectivity index (χ2n) is 5.07. The van der Waals surface area contributed by atoms with Crippen LogP contribution in [0.1, 0.15) is 31.4 Å². The first-order chi connectivity index (χ1) is 8.26. The number of rotatable bonds is 5. The standard InChI is InChI=1S/C14H23N2O.BrH/c1-3-17-11-10-16(2)9-5-7-14(16)13-6-4-8-15-12-13;/h4,6,8,12,14H,3,5,7,9-11H2,1-2H3;1H/q+1;/p-1. The summed E-state index contributed by atoms with van der Waals surface area (Å²) in [5.74, 6) is 0. The molecule has 1 saturated heterocycles. The van der Waals surface area contributed by atoms with Crippen molar-refractivity contribution in [3.05, 3.63) is 30.1 Å². The van der Waals surface area contributed by atoms with Crippen LogP contribution >= 0.6 is 0 Å². The number of halogens is 1. The topological polar surface area (TPSA) is 22.1 Å². The molecule has 0 aliphatic carbocycles. The second kappa shape index (κ2) is 7.22. The molecule has 3 nitrogen and oxygen atoms in total. The maximum absolute atomic E-state index is 5.51. The molecule has 2 rings (SSSR count). The number of pyridine rings is 1. The molecule has 1 fully saturated rings. The van der Waals surface area contributed by atoms with Crippen LogP contribution in [0.15, 0.2) is 24.5 Å². The number of likely N-dealkylation sites (tertiary alicyclic amines) is 1. The van der Waals surface area contributed by atoms with E-state index in [9.17, 15) is 0 Å². The molecule has 1 aromatic rings. The van der Waals surface area contributed by atoms with Crippen LogP contribution in [-0.4, -0.2) is 42.8 Å². The van der Waals surface area contributed by atoms with E-state index < -0.39 is 0 Å². The van der Waals surface area contributed by atoms with Gasteiger partial charge < -0.3 is 26.2 Å². The molecular weight excluding hydrogens is 292 g/mol. The molecule has 0 spiro atoms. The maximum Gasteiger partial charge on any atom is 0.116 e. The fraction of sp³-hybridized carbons (Fsp3) is 0.643. The Morgan fingerprint density at radius 1 is 1.50 bits per heavy atom. The lowest BCUT2D eigenvalue weighted by molar-refractivity contribution is -0.927. The van der Waals surface area contributed by atoms with E-state index in [2.05, 4.69) is 25.0 Å². The lowest BCUT2D eigenvalue weighted by Gasteiger charge is -2.36. The zero-order valence-electron chi connectivity index (χ0n) is 11.3. The molecule has 1 aliphatic rings. The van der Waals surface area contributed by atoms with Crippen molar-refractivity contribution in [1.29, 1.82) is 0 Å². The first kappa shape index (κ1) is 15.6. The van der Waals surface area contributed by atoms with Crippen molar-refractivity contribution in [3.63, 3.8) is 0 Å². The Balaban J connectivity index is 0.00000162. The number of aromatic nitrogens is 1. The van der Waals surface area contributed by atoms with Gasteiger partial charge in [0.25, 0.3) is 0 Å². The highest BCUT2D eigenvalue weighted by molar-refractivity contribution is 5.12. The molecular formula is C14H23BrN2O. The summed E-state index contributed by atoms with van der Waals surface area (Å²) in [6, 6.07) is 4.85. The molecule has 2 heterocycles. The third kappa shape index (κ3) is 3.53. The van der Waals surface area contributed by atoms with Gasteiger partial charge in [0.15, 0.2) is 0 Å². The molecule has 2 unspecified atom stereocenters. The van der Waals surface area contributed by atoms with Crippen LogP contribution in [0.25, 0.3) is 0 Å². The first-order valence-electron chi connectivity index (χ1n) is 6.58. The number of nitrogens with zero attached hydrogens (tertiary/aromatic N) is 2. The summed E-state index contributed by atoms with van der Waals surface area (Å²) in [5.41, 5.74) is 1.38. The molecule has 0 saturated carbocycles. The lowest BCUT2D eigenvalue weighted by Crippen LogP contribution is -3.00. The Hall–Kier alpha value is -0.450. The Bertz CT molecular complexity index is 347. The SMILES string of the molecule is CCOCC[N+]1(C)CCCC1c1cccnc1.[Br-]. The summed E-state index contributed by atoms with van der Waals surface area (Å²) in [6.45, 7) is 6.10. The van der Waals surface area contributed by atoms with Crippen molar-refractivity contribution in [1.82, 2.24) is 4.98 Å². The number of hydrogen-bond acceptors (Lipinski definition) is 2. The van der Waals surface area contributed by atoms with Gasteiger partial charge in [-0.15, -0.1) is 0 Å². The minimum Gasteiger partial charge on any atom is -1.00 e. The zero-order valence-corrected chi connectivity index (χ0v) is 12.9. The summed E-state index contributed by atoms with van der Waals surface area (Å²) in [4.78, 5) is 4.25. The predicted octanol–water partition coefficient (Wildman–Crippen LogP) is -0.596. The van der Waals surface area contributed by atoms with E-state index in [4.69, 9.17) is 4.74 Å². The van der Waals surface area contributed by atoms with Crippen molar-refractivity contribution in [3.8, 4) is 0 Å². The van der Waals surface area contributed by atoms with Gasteiger partial charge in [-0.1, -0.05) is 6.07 Å². The molecule has 1 aliphatic heterocycles. The fourth-order valence-corrected chi connectivity index (χ4v) is 2.90. The normalized spacial score (nSPS) is 26.9. The molecule has 0 N–H and O–H groups in total. The Morgan fingerprint density at radius 3 is 3.00 bits per heavy atom. The molecule has 18 heavy (non-hydrogen) atoms. The number of quaternary nitrogens is 1. The van der Waals surface area contributed by atoms with Crippen LogP contribution in [0.2, 0.25) is 0 Å². The molecule has 102 valence electrons. The summed E-state index contributed by atoms with van der Waals surface area (Å²) >= 11 is 0. The van der Waals surface area contributed by atoms with E-state index in [1.807, 2.05) is 18.5 Å². The molecule has 0 bridgehead atoms. The molecule has 4 heteroatoms. The quantitative estimate of drug-likeness (QED) is 0.535. The van der Waals surface area contributed by atoms with Gasteiger partial charge >= 0.3 is 0 Å². The number of likely N-dealkylation sites (N-methyl/N-ethyl adjacent to an activating group) is 1. The van der Waals surface area contributed by atoms with Gasteiger partial charge in [0.1, 0.15) is 12.6 Å². The van der Waals surface area contributed by atoms with Crippen molar-refractivity contribution in [2.24, 2.45) is 0 Å². The molecule has 0 amide bonds. The van der Waals surface area contributed by atoms with Gasteiger partial charge in [-0.05, 0) is 13.0 Å². The monoisotopic (exact) mass is 314 g/mol. The van der Waals surface area contributed by atoms with Crippen LogP contribution in [0.3, 0.4) is 0 Å². The van der Waals surface area contributed by atoms with E-state index >= 15 is 0 Å². The van der Waals surface area contributed by atoms with Gasteiger partial charge in [-0.25, -0.2) is 0 Å². The third-order valence-electron chi connectivity index (χ3n) is 3.92. The smallest absolute Gasteiger partial charge is 0.116 e. The van der Waals surface area contributed by atoms with Gasteiger partial charge in [-0.2, -0.15) is 0 Å². The summed E-state index contributed by atoms with van der Waals surface area (Å²) < 4.78 is 6.62. The fourth-order valence-electron chi connectivity index (χ4n) is 2.90. The van der Waals surface area contributed by atoms with Crippen LogP contribution in [-0.2, 0) is 4.74 Å².